The Bertz CT molecular complexity index is 888. The number of rotatable bonds is 6. The number of hydrogen-bond donors (Lipinski definition) is 1. The van der Waals surface area contributed by atoms with Gasteiger partial charge < -0.3 is 4.74 Å². The lowest BCUT2D eigenvalue weighted by atomic mass is 10.1. The molecule has 2 rings (SSSR count). The van der Waals surface area contributed by atoms with Gasteiger partial charge in [0.2, 0.25) is 15.8 Å². The lowest BCUT2D eigenvalue weighted by Gasteiger charge is -2.14. The number of benzene rings is 2. The first-order valence-corrected chi connectivity index (χ1v) is 9.45. The molecule has 0 spiro atoms. The van der Waals surface area contributed by atoms with Gasteiger partial charge in [0, 0.05) is 5.56 Å². The summed E-state index contributed by atoms with van der Waals surface area (Å²) < 4.78 is 30.3. The number of para-hydroxylation sites is 1. The SMILES string of the molecule is Cc1ccc(C(=O)[C@@H](C)OC(=O)c2ccccc2NS(C)(=O)=O)cc1. The molecule has 0 saturated heterocycles. The smallest absolute Gasteiger partial charge is 0.340 e. The Balaban J connectivity index is 2.16. The van der Waals surface area contributed by atoms with E-state index >= 15 is 0 Å². The molecule has 132 valence electrons. The van der Waals surface area contributed by atoms with Crippen molar-refractivity contribution in [2.45, 2.75) is 20.0 Å². The normalized spacial score (nSPS) is 12.3. The zero-order chi connectivity index (χ0) is 18.6. The summed E-state index contributed by atoms with van der Waals surface area (Å²) in [7, 11) is -3.55. The minimum Gasteiger partial charge on any atom is -0.451 e. The zero-order valence-corrected chi connectivity index (χ0v) is 15.0. The Morgan fingerprint density at radius 3 is 2.24 bits per heavy atom. The Morgan fingerprint density at radius 1 is 1.04 bits per heavy atom. The Hall–Kier alpha value is -2.67. The number of carbonyl (C=O) groups is 2. The molecule has 0 aliphatic carbocycles. The van der Waals surface area contributed by atoms with E-state index in [4.69, 9.17) is 4.74 Å². The van der Waals surface area contributed by atoms with Crippen LogP contribution in [-0.2, 0) is 14.8 Å². The fourth-order valence-electron chi connectivity index (χ4n) is 2.18. The van der Waals surface area contributed by atoms with Gasteiger partial charge in [-0.2, -0.15) is 0 Å². The Kier molecular flexibility index (Phi) is 5.58. The van der Waals surface area contributed by atoms with Crippen molar-refractivity contribution >= 4 is 27.5 Å². The van der Waals surface area contributed by atoms with Gasteiger partial charge in [0.15, 0.2) is 6.10 Å². The highest BCUT2D eigenvalue weighted by atomic mass is 32.2. The third kappa shape index (κ3) is 5.15. The van der Waals surface area contributed by atoms with Gasteiger partial charge in [-0.25, -0.2) is 13.2 Å². The maximum atomic E-state index is 12.3. The molecule has 0 radical (unpaired) electrons. The van der Waals surface area contributed by atoms with Crippen LogP contribution in [0.25, 0.3) is 0 Å². The first kappa shape index (κ1) is 18.7. The molecule has 0 amide bonds. The van der Waals surface area contributed by atoms with E-state index in [-0.39, 0.29) is 17.0 Å². The van der Waals surface area contributed by atoms with Crippen molar-refractivity contribution in [2.24, 2.45) is 0 Å². The van der Waals surface area contributed by atoms with Crippen molar-refractivity contribution < 1.29 is 22.7 Å². The number of hydrogen-bond acceptors (Lipinski definition) is 5. The molecule has 1 N–H and O–H groups in total. The van der Waals surface area contributed by atoms with Gasteiger partial charge in [0.25, 0.3) is 0 Å². The zero-order valence-electron chi connectivity index (χ0n) is 14.1. The lowest BCUT2D eigenvalue weighted by molar-refractivity contribution is 0.0320. The summed E-state index contributed by atoms with van der Waals surface area (Å²) in [6, 6.07) is 13.0. The van der Waals surface area contributed by atoms with Crippen LogP contribution in [0.4, 0.5) is 5.69 Å². The van der Waals surface area contributed by atoms with E-state index in [9.17, 15) is 18.0 Å². The fraction of sp³-hybridized carbons (Fsp3) is 0.222. The van der Waals surface area contributed by atoms with Crippen molar-refractivity contribution in [2.75, 3.05) is 11.0 Å². The van der Waals surface area contributed by atoms with Crippen molar-refractivity contribution in [1.29, 1.82) is 0 Å². The number of anilines is 1. The van der Waals surface area contributed by atoms with E-state index in [2.05, 4.69) is 4.72 Å². The fourth-order valence-corrected chi connectivity index (χ4v) is 2.76. The molecule has 1 atom stereocenters. The maximum Gasteiger partial charge on any atom is 0.340 e. The predicted molar refractivity (Wildman–Crippen MR) is 95.3 cm³/mol. The van der Waals surface area contributed by atoms with Crippen LogP contribution >= 0.6 is 0 Å². The largest absolute Gasteiger partial charge is 0.451 e. The number of nitrogens with one attached hydrogen (secondary N) is 1. The second-order valence-electron chi connectivity index (χ2n) is 5.70. The lowest BCUT2D eigenvalue weighted by Crippen LogP contribution is -2.25. The van der Waals surface area contributed by atoms with Gasteiger partial charge in [-0.3, -0.25) is 9.52 Å². The van der Waals surface area contributed by atoms with Crippen LogP contribution in [0.3, 0.4) is 0 Å². The molecule has 0 aliphatic rings. The number of sulfonamides is 1. The summed E-state index contributed by atoms with van der Waals surface area (Å²) in [5.74, 6) is -1.11. The highest BCUT2D eigenvalue weighted by Gasteiger charge is 2.22. The molecular formula is C18H19NO5S. The number of aryl methyl sites for hydroxylation is 1. The standard InChI is InChI=1S/C18H19NO5S/c1-12-8-10-14(11-9-12)17(20)13(2)24-18(21)15-6-4-5-7-16(15)19-25(3,22)23/h4-11,13,19H,1-3H3/t13-/m1/s1. The average molecular weight is 361 g/mol. The van der Waals surface area contributed by atoms with Crippen molar-refractivity contribution in [3.05, 3.63) is 65.2 Å². The summed E-state index contributed by atoms with van der Waals surface area (Å²) >= 11 is 0. The summed E-state index contributed by atoms with van der Waals surface area (Å²) in [6.45, 7) is 3.39. The second-order valence-corrected chi connectivity index (χ2v) is 7.45. The molecule has 0 heterocycles. The summed E-state index contributed by atoms with van der Waals surface area (Å²) in [5, 5.41) is 0. The molecule has 2 aromatic carbocycles. The first-order chi connectivity index (χ1) is 11.7. The van der Waals surface area contributed by atoms with Gasteiger partial charge in [-0.15, -0.1) is 0 Å². The molecule has 7 heteroatoms. The van der Waals surface area contributed by atoms with Crippen molar-refractivity contribution in [3.63, 3.8) is 0 Å². The molecule has 0 saturated carbocycles. The van der Waals surface area contributed by atoms with Crippen molar-refractivity contribution in [3.8, 4) is 0 Å². The second kappa shape index (κ2) is 7.48. The van der Waals surface area contributed by atoms with E-state index in [1.54, 1.807) is 36.4 Å². The van der Waals surface area contributed by atoms with Gasteiger partial charge in [0.1, 0.15) is 0 Å². The van der Waals surface area contributed by atoms with E-state index in [0.717, 1.165) is 11.8 Å². The summed E-state index contributed by atoms with van der Waals surface area (Å²) in [4.78, 5) is 24.7. The van der Waals surface area contributed by atoms with Gasteiger partial charge in [-0.1, -0.05) is 42.0 Å². The highest BCUT2D eigenvalue weighted by Crippen LogP contribution is 2.19. The van der Waals surface area contributed by atoms with Gasteiger partial charge >= 0.3 is 5.97 Å². The molecule has 0 aliphatic heterocycles. The average Bonchev–Trinajstić information content (AvgIpc) is 2.53. The molecule has 2 aromatic rings. The van der Waals surface area contributed by atoms with Crippen LogP contribution in [0.5, 0.6) is 0 Å². The summed E-state index contributed by atoms with van der Waals surface area (Å²) in [5.41, 5.74) is 1.59. The third-order valence-corrected chi connectivity index (χ3v) is 4.02. The maximum absolute atomic E-state index is 12.3. The monoisotopic (exact) mass is 361 g/mol. The minimum atomic E-state index is -3.55. The van der Waals surface area contributed by atoms with Crippen LogP contribution < -0.4 is 4.72 Å². The van der Waals surface area contributed by atoms with Gasteiger partial charge in [0.05, 0.1) is 17.5 Å². The summed E-state index contributed by atoms with van der Waals surface area (Å²) in [6.07, 6.45) is -0.0138. The van der Waals surface area contributed by atoms with Crippen LogP contribution in [0.2, 0.25) is 0 Å². The third-order valence-electron chi connectivity index (χ3n) is 3.43. The van der Waals surface area contributed by atoms with Crippen molar-refractivity contribution in [1.82, 2.24) is 0 Å². The first-order valence-electron chi connectivity index (χ1n) is 7.56. The highest BCUT2D eigenvalue weighted by molar-refractivity contribution is 7.92. The molecule has 6 nitrogen and oxygen atoms in total. The number of carbonyl (C=O) groups excluding carboxylic acids is 2. The molecule has 0 unspecified atom stereocenters. The number of ether oxygens (including phenoxy) is 1. The van der Waals surface area contributed by atoms with Crippen LogP contribution in [-0.4, -0.2) is 32.5 Å². The van der Waals surface area contributed by atoms with E-state index in [1.807, 2.05) is 6.92 Å². The van der Waals surface area contributed by atoms with E-state index in [1.165, 1.54) is 19.1 Å². The molecule has 0 bridgehead atoms. The van der Waals surface area contributed by atoms with Crippen LogP contribution in [0.1, 0.15) is 33.2 Å². The molecule has 25 heavy (non-hydrogen) atoms. The number of Topliss-reactive ketones (excluding diaryl/α,β-unsaturated/α-hetero) is 1. The molecule has 0 fully saturated rings. The van der Waals surface area contributed by atoms with Gasteiger partial charge in [-0.05, 0) is 26.0 Å². The predicted octanol–water partition coefficient (Wildman–Crippen LogP) is 2.79. The number of esters is 1. The Morgan fingerprint density at radius 2 is 1.64 bits per heavy atom. The Labute approximate surface area is 146 Å². The van der Waals surface area contributed by atoms with Crippen LogP contribution in [0, 0.1) is 6.92 Å². The van der Waals surface area contributed by atoms with Crippen LogP contribution in [0.15, 0.2) is 48.5 Å². The molecular weight excluding hydrogens is 342 g/mol. The molecule has 0 aromatic heterocycles. The quantitative estimate of drug-likeness (QED) is 0.631. The minimum absolute atomic E-state index is 0.0384. The number of ketones is 1. The topological polar surface area (TPSA) is 89.5 Å². The van der Waals surface area contributed by atoms with E-state index in [0.29, 0.717) is 5.56 Å². The van der Waals surface area contributed by atoms with E-state index < -0.39 is 22.1 Å².